The van der Waals surface area contributed by atoms with Gasteiger partial charge in [-0.2, -0.15) is 0 Å². The molecule has 0 aromatic carbocycles. The highest BCUT2D eigenvalue weighted by atomic mass is 17.0. The van der Waals surface area contributed by atoms with Crippen molar-refractivity contribution in [3.05, 3.63) is 0 Å². The molecule has 0 aromatic heterocycles. The highest BCUT2D eigenvalue weighted by molar-refractivity contribution is 5.23. The highest BCUT2D eigenvalue weighted by Crippen LogP contribution is 2.23. The zero-order chi connectivity index (χ0) is 47.3. The van der Waals surface area contributed by atoms with Crippen LogP contribution in [0.2, 0.25) is 0 Å². The van der Waals surface area contributed by atoms with E-state index in [0.717, 1.165) is 143 Å². The van der Waals surface area contributed by atoms with Crippen molar-refractivity contribution < 1.29 is 18.9 Å². The van der Waals surface area contributed by atoms with E-state index in [2.05, 4.69) is 63.1 Å². The molecule has 4 aliphatic heterocycles. The van der Waals surface area contributed by atoms with Gasteiger partial charge in [-0.25, -0.2) is 0 Å². The molecular weight excluding hydrogens is 843 g/mol. The molecule has 3 N–H and O–H groups in total. The van der Waals surface area contributed by atoms with Gasteiger partial charge in [0.15, 0.2) is 0 Å². The Balaban J connectivity index is 1.21. The SMILES string of the molecule is C=NCCN1CCN(CCCCCCOC(OCCCCCCN2CCN(CCC)CC2)(OCCCCCCN2CCN(CCN)CC2)OCCCCCCN2CCN(CCNC)CC2)CC1. The van der Waals surface area contributed by atoms with E-state index in [1.165, 1.54) is 143 Å². The first-order chi connectivity index (χ1) is 33.0. The maximum absolute atomic E-state index is 6.64. The van der Waals surface area contributed by atoms with Gasteiger partial charge in [0.05, 0.1) is 33.0 Å². The first kappa shape index (κ1) is 58.7. The second-order valence-corrected chi connectivity index (χ2v) is 20.1. The smallest absolute Gasteiger partial charge is 0.329 e. The molecule has 4 saturated heterocycles. The van der Waals surface area contributed by atoms with E-state index in [-0.39, 0.29) is 0 Å². The predicted octanol–water partition coefficient (Wildman–Crippen LogP) is 4.66. The number of rotatable bonds is 42. The van der Waals surface area contributed by atoms with Crippen molar-refractivity contribution in [2.24, 2.45) is 10.7 Å². The number of ether oxygens (including phenoxy) is 4. The Labute approximate surface area is 412 Å². The Morgan fingerprint density at radius 3 is 0.985 bits per heavy atom. The van der Waals surface area contributed by atoms with E-state index >= 15 is 0 Å². The quantitative estimate of drug-likeness (QED) is 0.0503. The number of nitrogens with zero attached hydrogens (tertiary/aromatic N) is 9. The Hall–Kier alpha value is -0.890. The molecule has 0 aromatic rings. The van der Waals surface area contributed by atoms with Crippen LogP contribution in [0, 0.1) is 0 Å². The summed E-state index contributed by atoms with van der Waals surface area (Å²) in [5.74, 6) is 0. The third-order valence-electron chi connectivity index (χ3n) is 14.7. The zero-order valence-corrected chi connectivity index (χ0v) is 43.9. The molecule has 0 saturated carbocycles. The van der Waals surface area contributed by atoms with Gasteiger partial charge in [0, 0.05) is 137 Å². The molecule has 0 spiro atoms. The van der Waals surface area contributed by atoms with Crippen molar-refractivity contribution >= 4 is 6.72 Å². The third-order valence-corrected chi connectivity index (χ3v) is 14.7. The number of aliphatic imine (C=N–C) groups is 1. The molecule has 0 aliphatic carbocycles. The number of unbranched alkanes of at least 4 members (excludes halogenated alkanes) is 12. The number of piperazine rings is 4. The summed E-state index contributed by atoms with van der Waals surface area (Å²) in [6, 6.07) is 0. The standard InChI is InChI=1S/C52H107N11O4/c1-4-24-56-32-34-57(35-33-56)25-13-5-9-17-48-64-52(65-49-18-10-6-14-26-58-36-42-61(29-21-53)43-37-58,66-50-19-11-7-15-27-59-38-44-62(45-39-59)30-22-54-2)67-51-20-12-8-16-28-60-40-46-63(47-41-60)31-23-55-3/h55H,2,4-51,53H2,1,3H3. The van der Waals surface area contributed by atoms with E-state index in [0.29, 0.717) is 26.4 Å². The Bertz CT molecular complexity index is 1090. The Morgan fingerprint density at radius 2 is 0.687 bits per heavy atom. The molecule has 15 heteroatoms. The lowest BCUT2D eigenvalue weighted by Gasteiger charge is -2.34. The van der Waals surface area contributed by atoms with Gasteiger partial charge < -0.3 is 54.5 Å². The lowest BCUT2D eigenvalue weighted by Crippen LogP contribution is -2.48. The van der Waals surface area contributed by atoms with Crippen molar-refractivity contribution in [2.45, 2.75) is 122 Å². The maximum Gasteiger partial charge on any atom is 0.412 e. The van der Waals surface area contributed by atoms with Crippen LogP contribution in [0.1, 0.15) is 116 Å². The summed E-state index contributed by atoms with van der Waals surface area (Å²) in [7, 11) is 2.05. The van der Waals surface area contributed by atoms with E-state index < -0.39 is 6.16 Å². The molecule has 0 amide bonds. The maximum atomic E-state index is 6.64. The first-order valence-electron chi connectivity index (χ1n) is 28.2. The minimum atomic E-state index is -1.42. The number of hydrogen-bond donors (Lipinski definition) is 2. The van der Waals surface area contributed by atoms with Crippen molar-refractivity contribution in [2.75, 3.05) is 210 Å². The minimum absolute atomic E-state index is 0.586. The predicted molar refractivity (Wildman–Crippen MR) is 280 cm³/mol. The molecule has 4 heterocycles. The summed E-state index contributed by atoms with van der Waals surface area (Å²) in [6.45, 7) is 39.1. The molecule has 0 radical (unpaired) electrons. The van der Waals surface area contributed by atoms with E-state index in [1.807, 2.05) is 7.05 Å². The van der Waals surface area contributed by atoms with Crippen LogP contribution in [0.5, 0.6) is 0 Å². The van der Waals surface area contributed by atoms with Gasteiger partial charge in [-0.1, -0.05) is 58.3 Å². The molecular formula is C52H107N11O4. The fourth-order valence-corrected chi connectivity index (χ4v) is 10.1. The highest BCUT2D eigenvalue weighted by Gasteiger charge is 2.36. The summed E-state index contributed by atoms with van der Waals surface area (Å²) < 4.78 is 26.6. The second kappa shape index (κ2) is 38.7. The molecule has 15 nitrogen and oxygen atoms in total. The zero-order valence-electron chi connectivity index (χ0n) is 43.9. The topological polar surface area (TPSA) is 113 Å². The van der Waals surface area contributed by atoms with Crippen LogP contribution in [0.3, 0.4) is 0 Å². The summed E-state index contributed by atoms with van der Waals surface area (Å²) in [6.07, 6.45) is 18.2. The fraction of sp³-hybridized carbons (Fsp3) is 0.981. The van der Waals surface area contributed by atoms with Gasteiger partial charge in [0.1, 0.15) is 0 Å². The summed E-state index contributed by atoms with van der Waals surface area (Å²) in [5.41, 5.74) is 5.80. The lowest BCUT2D eigenvalue weighted by atomic mass is 10.2. The largest absolute Gasteiger partial charge is 0.412 e. The average Bonchev–Trinajstić information content (AvgIpc) is 3.35. The average molecular weight is 951 g/mol. The number of nitrogens with one attached hydrogen (secondary N) is 1. The van der Waals surface area contributed by atoms with Crippen molar-refractivity contribution in [1.82, 2.24) is 44.5 Å². The first-order valence-corrected chi connectivity index (χ1v) is 28.2. The molecule has 4 aliphatic rings. The second-order valence-electron chi connectivity index (χ2n) is 20.1. The summed E-state index contributed by atoms with van der Waals surface area (Å²) in [5, 5.41) is 3.29. The van der Waals surface area contributed by atoms with E-state index in [4.69, 9.17) is 24.7 Å². The molecule has 394 valence electrons. The normalized spacial score (nSPS) is 20.5. The van der Waals surface area contributed by atoms with Gasteiger partial charge >= 0.3 is 6.16 Å². The Kier molecular flexibility index (Phi) is 33.9. The number of hydrogen-bond acceptors (Lipinski definition) is 15. The summed E-state index contributed by atoms with van der Waals surface area (Å²) >= 11 is 0. The molecule has 4 rings (SSSR count). The van der Waals surface area contributed by atoms with Crippen LogP contribution in [-0.4, -0.2) is 262 Å². The van der Waals surface area contributed by atoms with Gasteiger partial charge in [0.2, 0.25) is 0 Å². The number of likely N-dealkylation sites (N-methyl/N-ethyl adjacent to an activating group) is 1. The van der Waals surface area contributed by atoms with Crippen LogP contribution in [0.4, 0.5) is 0 Å². The van der Waals surface area contributed by atoms with E-state index in [9.17, 15) is 0 Å². The summed E-state index contributed by atoms with van der Waals surface area (Å²) in [4.78, 5) is 24.8. The Morgan fingerprint density at radius 1 is 0.403 bits per heavy atom. The van der Waals surface area contributed by atoms with Gasteiger partial charge in [-0.15, -0.1) is 0 Å². The molecule has 67 heavy (non-hydrogen) atoms. The van der Waals surface area contributed by atoms with Crippen molar-refractivity contribution in [3.63, 3.8) is 0 Å². The molecule has 4 fully saturated rings. The molecule has 0 bridgehead atoms. The van der Waals surface area contributed by atoms with Crippen molar-refractivity contribution in [1.29, 1.82) is 0 Å². The van der Waals surface area contributed by atoms with Crippen LogP contribution in [0.25, 0.3) is 0 Å². The monoisotopic (exact) mass is 950 g/mol. The molecule has 1 unspecified atom stereocenters. The van der Waals surface area contributed by atoms with Crippen LogP contribution in [0.15, 0.2) is 4.99 Å². The van der Waals surface area contributed by atoms with E-state index in [1.54, 1.807) is 0 Å². The lowest BCUT2D eigenvalue weighted by molar-refractivity contribution is -0.499. The van der Waals surface area contributed by atoms with Crippen molar-refractivity contribution in [3.8, 4) is 0 Å². The number of nitrogens with two attached hydrogens (primary N) is 1. The van der Waals surface area contributed by atoms with Crippen LogP contribution < -0.4 is 11.1 Å². The van der Waals surface area contributed by atoms with Gasteiger partial charge in [-0.3, -0.25) is 19.7 Å². The third kappa shape index (κ3) is 27.5. The molecule has 1 atom stereocenters. The minimum Gasteiger partial charge on any atom is -0.329 e. The van der Waals surface area contributed by atoms with Crippen LogP contribution >= 0.6 is 0 Å². The van der Waals surface area contributed by atoms with Gasteiger partial charge in [-0.05, 0) is 104 Å². The van der Waals surface area contributed by atoms with Gasteiger partial charge in [0.25, 0.3) is 0 Å². The van der Waals surface area contributed by atoms with Crippen LogP contribution in [-0.2, 0) is 18.9 Å². The fourth-order valence-electron chi connectivity index (χ4n) is 10.1.